The molecule has 0 aromatic heterocycles. The Bertz CT molecular complexity index is 418. The van der Waals surface area contributed by atoms with E-state index in [1.165, 1.54) is 0 Å². The maximum Gasteiger partial charge on any atom is 0.146 e. The van der Waals surface area contributed by atoms with Crippen molar-refractivity contribution in [2.45, 2.75) is 26.2 Å². The molecular formula is C13H13BrO2. The van der Waals surface area contributed by atoms with Gasteiger partial charge in [-0.25, -0.2) is 0 Å². The number of hydrogen-bond donors (Lipinski definition) is 0. The summed E-state index contributed by atoms with van der Waals surface area (Å²) in [6.07, 6.45) is 1.34. The number of halogens is 1. The van der Waals surface area contributed by atoms with Crippen molar-refractivity contribution in [2.24, 2.45) is 5.41 Å². The summed E-state index contributed by atoms with van der Waals surface area (Å²) in [5.74, 6) is 0.167. The van der Waals surface area contributed by atoms with E-state index >= 15 is 0 Å². The van der Waals surface area contributed by atoms with E-state index in [4.69, 9.17) is 0 Å². The third-order valence-corrected chi connectivity index (χ3v) is 3.81. The summed E-state index contributed by atoms with van der Waals surface area (Å²) in [6, 6.07) is 7.77. The van der Waals surface area contributed by atoms with Crippen molar-refractivity contribution in [1.29, 1.82) is 0 Å². The van der Waals surface area contributed by atoms with Crippen LogP contribution in [0.4, 0.5) is 0 Å². The molecule has 3 heteroatoms. The van der Waals surface area contributed by atoms with Gasteiger partial charge in [-0.15, -0.1) is 0 Å². The lowest BCUT2D eigenvalue weighted by atomic mass is 9.80. The lowest BCUT2D eigenvalue weighted by Crippen LogP contribution is -2.31. The summed E-state index contributed by atoms with van der Waals surface area (Å²) in [4.78, 5) is 23.5. The van der Waals surface area contributed by atoms with E-state index in [1.807, 2.05) is 24.3 Å². The van der Waals surface area contributed by atoms with Gasteiger partial charge in [-0.1, -0.05) is 28.1 Å². The molecular weight excluding hydrogens is 268 g/mol. The van der Waals surface area contributed by atoms with Crippen LogP contribution in [0.5, 0.6) is 0 Å². The third-order valence-electron chi connectivity index (χ3n) is 3.28. The van der Waals surface area contributed by atoms with Gasteiger partial charge >= 0.3 is 0 Å². The van der Waals surface area contributed by atoms with Crippen molar-refractivity contribution in [3.05, 3.63) is 34.3 Å². The molecule has 2 rings (SSSR count). The normalized spacial score (nSPS) is 19.1. The van der Waals surface area contributed by atoms with Gasteiger partial charge < -0.3 is 0 Å². The Kier molecular flexibility index (Phi) is 2.98. The predicted molar refractivity (Wildman–Crippen MR) is 65.2 cm³/mol. The topological polar surface area (TPSA) is 34.1 Å². The highest BCUT2D eigenvalue weighted by atomic mass is 79.9. The largest absolute Gasteiger partial charge is 0.299 e. The molecule has 16 heavy (non-hydrogen) atoms. The van der Waals surface area contributed by atoms with E-state index in [0.717, 1.165) is 10.0 Å². The minimum atomic E-state index is -0.784. The third kappa shape index (κ3) is 1.96. The molecule has 0 aliphatic heterocycles. The number of benzene rings is 1. The number of rotatable bonds is 2. The Hall–Kier alpha value is -0.960. The van der Waals surface area contributed by atoms with Gasteiger partial charge in [0.15, 0.2) is 0 Å². The van der Waals surface area contributed by atoms with Crippen LogP contribution in [0.15, 0.2) is 28.7 Å². The second-order valence-electron chi connectivity index (χ2n) is 4.48. The van der Waals surface area contributed by atoms with E-state index in [9.17, 15) is 9.59 Å². The van der Waals surface area contributed by atoms with Crippen molar-refractivity contribution in [1.82, 2.24) is 0 Å². The van der Waals surface area contributed by atoms with Gasteiger partial charge in [0.05, 0.1) is 5.41 Å². The average Bonchev–Trinajstić information content (AvgIpc) is 2.50. The van der Waals surface area contributed by atoms with Crippen LogP contribution in [0, 0.1) is 5.41 Å². The Morgan fingerprint density at radius 2 is 1.62 bits per heavy atom. The zero-order chi connectivity index (χ0) is 11.8. The van der Waals surface area contributed by atoms with Gasteiger partial charge in [-0.2, -0.15) is 0 Å². The molecule has 0 heterocycles. The molecule has 0 unspecified atom stereocenters. The van der Waals surface area contributed by atoms with Crippen LogP contribution in [0.3, 0.4) is 0 Å². The molecule has 1 saturated carbocycles. The molecule has 2 nitrogen and oxygen atoms in total. The average molecular weight is 281 g/mol. The van der Waals surface area contributed by atoms with Crippen molar-refractivity contribution in [3.8, 4) is 0 Å². The zero-order valence-corrected chi connectivity index (χ0v) is 10.7. The first-order valence-corrected chi connectivity index (χ1v) is 6.13. The molecule has 1 aliphatic rings. The molecule has 1 aromatic carbocycles. The number of carbonyl (C=O) groups is 2. The molecule has 1 fully saturated rings. The first kappa shape index (κ1) is 11.5. The van der Waals surface area contributed by atoms with E-state index in [1.54, 1.807) is 6.92 Å². The van der Waals surface area contributed by atoms with Gasteiger partial charge in [-0.05, 0) is 31.0 Å². The smallest absolute Gasteiger partial charge is 0.146 e. The van der Waals surface area contributed by atoms with E-state index in [0.29, 0.717) is 19.3 Å². The Balaban J connectivity index is 2.23. The van der Waals surface area contributed by atoms with Crippen LogP contribution in [0.25, 0.3) is 0 Å². The SMILES string of the molecule is CC1(Cc2ccc(Br)cc2)C(=O)CCC1=O. The lowest BCUT2D eigenvalue weighted by Gasteiger charge is -2.20. The molecule has 1 aromatic rings. The van der Waals surface area contributed by atoms with Crippen molar-refractivity contribution >= 4 is 27.5 Å². The first-order valence-electron chi connectivity index (χ1n) is 5.33. The summed E-state index contributed by atoms with van der Waals surface area (Å²) in [6.45, 7) is 1.77. The zero-order valence-electron chi connectivity index (χ0n) is 9.13. The molecule has 0 bridgehead atoms. The maximum atomic E-state index is 11.7. The summed E-state index contributed by atoms with van der Waals surface area (Å²) < 4.78 is 1.01. The fraction of sp³-hybridized carbons (Fsp3) is 0.385. The van der Waals surface area contributed by atoms with E-state index < -0.39 is 5.41 Å². The highest BCUT2D eigenvalue weighted by molar-refractivity contribution is 9.10. The molecule has 1 aliphatic carbocycles. The molecule has 0 saturated heterocycles. The summed E-state index contributed by atoms with van der Waals surface area (Å²) >= 11 is 3.36. The molecule has 0 N–H and O–H groups in total. The monoisotopic (exact) mass is 280 g/mol. The van der Waals surface area contributed by atoms with Crippen LogP contribution >= 0.6 is 15.9 Å². The van der Waals surface area contributed by atoms with E-state index in [2.05, 4.69) is 15.9 Å². The van der Waals surface area contributed by atoms with Crippen LogP contribution in [-0.4, -0.2) is 11.6 Å². The van der Waals surface area contributed by atoms with Gasteiger partial charge in [0.2, 0.25) is 0 Å². The Morgan fingerprint density at radius 1 is 1.12 bits per heavy atom. The Labute approximate surface area is 103 Å². The maximum absolute atomic E-state index is 11.7. The van der Waals surface area contributed by atoms with Gasteiger partial charge in [0, 0.05) is 17.3 Å². The summed E-state index contributed by atoms with van der Waals surface area (Å²) in [5, 5.41) is 0. The standard InChI is InChI=1S/C13H13BrO2/c1-13(11(15)6-7-12(13)16)8-9-2-4-10(14)5-3-9/h2-5H,6-8H2,1H3. The lowest BCUT2D eigenvalue weighted by molar-refractivity contribution is -0.133. The highest BCUT2D eigenvalue weighted by Gasteiger charge is 2.44. The number of carbonyl (C=O) groups excluding carboxylic acids is 2. The minimum absolute atomic E-state index is 0.0837. The highest BCUT2D eigenvalue weighted by Crippen LogP contribution is 2.34. The van der Waals surface area contributed by atoms with Gasteiger partial charge in [-0.3, -0.25) is 9.59 Å². The quantitative estimate of drug-likeness (QED) is 0.781. The van der Waals surface area contributed by atoms with Crippen molar-refractivity contribution in [3.63, 3.8) is 0 Å². The first-order chi connectivity index (χ1) is 7.52. The van der Waals surface area contributed by atoms with Crippen LogP contribution in [-0.2, 0) is 16.0 Å². The van der Waals surface area contributed by atoms with E-state index in [-0.39, 0.29) is 11.6 Å². The molecule has 0 spiro atoms. The van der Waals surface area contributed by atoms with Gasteiger partial charge in [0.1, 0.15) is 11.6 Å². The minimum Gasteiger partial charge on any atom is -0.299 e. The fourth-order valence-corrected chi connectivity index (χ4v) is 2.41. The fourth-order valence-electron chi connectivity index (χ4n) is 2.14. The van der Waals surface area contributed by atoms with Gasteiger partial charge in [0.25, 0.3) is 0 Å². The van der Waals surface area contributed by atoms with Crippen LogP contribution in [0.2, 0.25) is 0 Å². The molecule has 0 radical (unpaired) electrons. The van der Waals surface area contributed by atoms with Crippen LogP contribution in [0.1, 0.15) is 25.3 Å². The molecule has 84 valence electrons. The number of hydrogen-bond acceptors (Lipinski definition) is 2. The van der Waals surface area contributed by atoms with Crippen molar-refractivity contribution in [2.75, 3.05) is 0 Å². The molecule has 0 amide bonds. The summed E-state index contributed by atoms with van der Waals surface area (Å²) in [7, 11) is 0. The predicted octanol–water partition coefficient (Wildman–Crippen LogP) is 2.93. The number of ketones is 2. The number of Topliss-reactive ketones (excluding diaryl/α,β-unsaturated/α-hetero) is 2. The Morgan fingerprint density at radius 3 is 2.12 bits per heavy atom. The van der Waals surface area contributed by atoms with Crippen LogP contribution < -0.4 is 0 Å². The van der Waals surface area contributed by atoms with Crippen molar-refractivity contribution < 1.29 is 9.59 Å². The second kappa shape index (κ2) is 4.13. The summed E-state index contributed by atoms with van der Waals surface area (Å²) in [5.41, 5.74) is 0.252. The second-order valence-corrected chi connectivity index (χ2v) is 5.40. The molecule has 0 atom stereocenters.